The second-order valence-electron chi connectivity index (χ2n) is 14.8. The molecule has 0 aliphatic carbocycles. The number of barbiturate groups is 1. The molecule has 2 atom stereocenters. The molecule has 3 aliphatic rings. The van der Waals surface area contributed by atoms with E-state index >= 15 is 0 Å². The van der Waals surface area contributed by atoms with Gasteiger partial charge in [-0.3, -0.25) is 14.9 Å². The zero-order valence-corrected chi connectivity index (χ0v) is 30.9. The van der Waals surface area contributed by atoms with Gasteiger partial charge >= 0.3 is 6.03 Å². The number of aryl methyl sites for hydroxylation is 2. The molecular formula is C48H41N3O4. The lowest BCUT2D eigenvalue weighted by atomic mass is 9.76. The van der Waals surface area contributed by atoms with Crippen LogP contribution in [0.25, 0.3) is 16.8 Å². The number of hydrogen-bond donors (Lipinski definition) is 1. The van der Waals surface area contributed by atoms with Crippen molar-refractivity contribution in [2.24, 2.45) is 0 Å². The van der Waals surface area contributed by atoms with Crippen LogP contribution in [0, 0.1) is 13.8 Å². The minimum absolute atomic E-state index is 0.0768. The van der Waals surface area contributed by atoms with E-state index in [0.29, 0.717) is 23.6 Å². The van der Waals surface area contributed by atoms with Crippen molar-refractivity contribution in [1.82, 2.24) is 5.32 Å². The lowest BCUT2D eigenvalue weighted by Gasteiger charge is -2.44. The first-order chi connectivity index (χ1) is 26.8. The minimum Gasteiger partial charge on any atom is -0.488 e. The first-order valence-electron chi connectivity index (χ1n) is 19.0. The summed E-state index contributed by atoms with van der Waals surface area (Å²) in [5.41, 5.74) is 10.0. The van der Waals surface area contributed by atoms with Crippen molar-refractivity contribution in [1.29, 1.82) is 0 Å². The number of amides is 4. The number of carbonyl (C=O) groups excluding carboxylic acids is 3. The smallest absolute Gasteiger partial charge is 0.335 e. The fraction of sp³-hybridized carbons (Fsp3) is 0.188. The Hall–Kier alpha value is -6.47. The molecule has 1 fully saturated rings. The monoisotopic (exact) mass is 723 g/mol. The summed E-state index contributed by atoms with van der Waals surface area (Å²) in [4.78, 5) is 45.9. The SMILES string of the molecule is Cc1ccc(COc2ccc3ccccc3c2/C=C2\C(=O)NC(=O)N(c3cc4c5c(c3)[C@H](c3ccccc3)CCN5CC[C@@H]4c3ccccc3)C2=O)cc1C. The van der Waals surface area contributed by atoms with E-state index in [-0.39, 0.29) is 17.4 Å². The van der Waals surface area contributed by atoms with E-state index in [1.165, 1.54) is 27.9 Å². The molecule has 3 heterocycles. The van der Waals surface area contributed by atoms with Crippen LogP contribution >= 0.6 is 0 Å². The zero-order valence-electron chi connectivity index (χ0n) is 30.9. The highest BCUT2D eigenvalue weighted by Gasteiger charge is 2.41. The number of urea groups is 1. The third kappa shape index (κ3) is 6.25. The Morgan fingerprint density at radius 2 is 1.35 bits per heavy atom. The van der Waals surface area contributed by atoms with Gasteiger partial charge in [0.2, 0.25) is 0 Å². The highest BCUT2D eigenvalue weighted by molar-refractivity contribution is 6.39. The van der Waals surface area contributed by atoms with Crippen LogP contribution in [0.1, 0.15) is 69.2 Å². The molecule has 4 amide bonds. The molecule has 55 heavy (non-hydrogen) atoms. The Morgan fingerprint density at radius 3 is 2.00 bits per heavy atom. The quantitative estimate of drug-likeness (QED) is 0.131. The Balaban J connectivity index is 1.16. The average molecular weight is 724 g/mol. The molecule has 0 unspecified atom stereocenters. The molecule has 0 saturated carbocycles. The predicted octanol–water partition coefficient (Wildman–Crippen LogP) is 9.58. The summed E-state index contributed by atoms with van der Waals surface area (Å²) >= 11 is 0. The second kappa shape index (κ2) is 14.1. The van der Waals surface area contributed by atoms with Crippen LogP contribution < -0.4 is 19.9 Å². The normalized spacial score (nSPS) is 18.7. The summed E-state index contributed by atoms with van der Waals surface area (Å²) in [5, 5.41) is 4.26. The number of nitrogens with one attached hydrogen (secondary N) is 1. The molecule has 7 heteroatoms. The van der Waals surface area contributed by atoms with Gasteiger partial charge in [0.05, 0.1) is 5.69 Å². The first kappa shape index (κ1) is 34.3. The number of nitrogens with zero attached hydrogens (tertiary/aromatic N) is 2. The van der Waals surface area contributed by atoms with E-state index in [0.717, 1.165) is 58.3 Å². The molecule has 6 aromatic rings. The lowest BCUT2D eigenvalue weighted by Crippen LogP contribution is -2.54. The number of fused-ring (bicyclic) bond motifs is 1. The molecule has 1 saturated heterocycles. The molecular weight excluding hydrogens is 683 g/mol. The van der Waals surface area contributed by atoms with E-state index in [9.17, 15) is 14.4 Å². The molecule has 0 bridgehead atoms. The van der Waals surface area contributed by atoms with Gasteiger partial charge in [0.15, 0.2) is 0 Å². The Labute approximate surface area is 320 Å². The number of hydrogen-bond acceptors (Lipinski definition) is 5. The number of imide groups is 2. The van der Waals surface area contributed by atoms with Crippen LogP contribution in [0.15, 0.2) is 133 Å². The Kier molecular flexibility index (Phi) is 8.77. The van der Waals surface area contributed by atoms with Gasteiger partial charge in [0, 0.05) is 36.2 Å². The molecule has 9 rings (SSSR count). The zero-order chi connectivity index (χ0) is 37.6. The summed E-state index contributed by atoms with van der Waals surface area (Å²) in [6.45, 7) is 6.29. The number of carbonyl (C=O) groups is 3. The van der Waals surface area contributed by atoms with Crippen LogP contribution in [0.2, 0.25) is 0 Å². The van der Waals surface area contributed by atoms with E-state index in [1.54, 1.807) is 6.08 Å². The van der Waals surface area contributed by atoms with Crippen LogP contribution in [0.4, 0.5) is 16.2 Å². The molecule has 7 nitrogen and oxygen atoms in total. The summed E-state index contributed by atoms with van der Waals surface area (Å²) in [6, 6.07) is 42.0. The van der Waals surface area contributed by atoms with Crippen molar-refractivity contribution in [3.05, 3.63) is 177 Å². The standard InChI is InChI=1S/C48H41N3O4/c1-30-17-18-32(25-31(30)2)29-55-44-20-19-35-15-9-10-16-37(35)40(44)28-43-46(52)49-48(54)51(47(43)53)36-26-41-38(33-11-5-3-6-12-33)21-23-50-24-22-39(42(27-36)45(41)50)34-13-7-4-8-14-34/h3-20,25-28,38-39H,21-24,29H2,1-2H3,(H,49,52,54)/b43-28+/t38-,39+. The third-order valence-electron chi connectivity index (χ3n) is 11.5. The highest BCUT2D eigenvalue weighted by Crippen LogP contribution is 2.50. The summed E-state index contributed by atoms with van der Waals surface area (Å²) < 4.78 is 6.41. The Morgan fingerprint density at radius 1 is 0.709 bits per heavy atom. The maximum Gasteiger partial charge on any atom is 0.335 e. The average Bonchev–Trinajstić information content (AvgIpc) is 3.21. The van der Waals surface area contributed by atoms with Crippen LogP contribution in [0.5, 0.6) is 5.75 Å². The predicted molar refractivity (Wildman–Crippen MR) is 218 cm³/mol. The van der Waals surface area contributed by atoms with Gasteiger partial charge < -0.3 is 9.64 Å². The van der Waals surface area contributed by atoms with Crippen LogP contribution in [-0.2, 0) is 16.2 Å². The molecule has 272 valence electrons. The van der Waals surface area contributed by atoms with Crippen molar-refractivity contribution in [3.63, 3.8) is 0 Å². The first-order valence-corrected chi connectivity index (χ1v) is 19.0. The minimum atomic E-state index is -0.764. The van der Waals surface area contributed by atoms with E-state index in [4.69, 9.17) is 4.74 Å². The van der Waals surface area contributed by atoms with Crippen molar-refractivity contribution in [2.45, 2.75) is 45.1 Å². The van der Waals surface area contributed by atoms with Gasteiger partial charge in [-0.2, -0.15) is 0 Å². The highest BCUT2D eigenvalue weighted by atomic mass is 16.5. The molecule has 1 N–H and O–H groups in total. The van der Waals surface area contributed by atoms with Gasteiger partial charge in [0.25, 0.3) is 11.8 Å². The fourth-order valence-electron chi connectivity index (χ4n) is 8.61. The molecule has 3 aliphatic heterocycles. The van der Waals surface area contributed by atoms with E-state index in [1.807, 2.05) is 66.7 Å². The maximum atomic E-state index is 14.7. The molecule has 0 aromatic heterocycles. The topological polar surface area (TPSA) is 79.0 Å². The van der Waals surface area contributed by atoms with E-state index < -0.39 is 17.8 Å². The van der Waals surface area contributed by atoms with Crippen LogP contribution in [-0.4, -0.2) is 30.9 Å². The Bertz CT molecular complexity index is 2450. The van der Waals surface area contributed by atoms with Crippen molar-refractivity contribution < 1.29 is 19.1 Å². The number of anilines is 2. The van der Waals surface area contributed by atoms with Gasteiger partial charge in [0.1, 0.15) is 17.9 Å². The van der Waals surface area contributed by atoms with Gasteiger partial charge in [-0.25, -0.2) is 9.69 Å². The third-order valence-corrected chi connectivity index (χ3v) is 11.5. The number of benzene rings is 6. The number of rotatable bonds is 7. The van der Waals surface area contributed by atoms with Crippen molar-refractivity contribution >= 4 is 46.1 Å². The van der Waals surface area contributed by atoms with Crippen molar-refractivity contribution in [3.8, 4) is 5.75 Å². The maximum absolute atomic E-state index is 14.7. The fourth-order valence-corrected chi connectivity index (χ4v) is 8.61. The second-order valence-corrected chi connectivity index (χ2v) is 14.8. The molecule has 6 aromatic carbocycles. The lowest BCUT2D eigenvalue weighted by molar-refractivity contribution is -0.122. The van der Waals surface area contributed by atoms with Crippen LogP contribution in [0.3, 0.4) is 0 Å². The van der Waals surface area contributed by atoms with Crippen molar-refractivity contribution in [2.75, 3.05) is 22.9 Å². The van der Waals surface area contributed by atoms with Gasteiger partial charge in [-0.1, -0.05) is 109 Å². The molecule has 0 spiro atoms. The number of ether oxygens (including phenoxy) is 1. The van der Waals surface area contributed by atoms with Gasteiger partial charge in [-0.05, 0) is 101 Å². The largest absolute Gasteiger partial charge is 0.488 e. The summed E-state index contributed by atoms with van der Waals surface area (Å²) in [6.07, 6.45) is 3.40. The summed E-state index contributed by atoms with van der Waals surface area (Å²) in [5.74, 6) is -0.733. The molecule has 0 radical (unpaired) electrons. The summed E-state index contributed by atoms with van der Waals surface area (Å²) in [7, 11) is 0. The van der Waals surface area contributed by atoms with Gasteiger partial charge in [-0.15, -0.1) is 0 Å². The van der Waals surface area contributed by atoms with E-state index in [2.05, 4.69) is 84.7 Å².